The number of guanidine groups is 1. The van der Waals surface area contributed by atoms with E-state index >= 15 is 0 Å². The number of piperazine rings is 1. The Morgan fingerprint density at radius 2 is 1.79 bits per heavy atom. The number of aromatic nitrogens is 2. The Labute approximate surface area is 164 Å². The third kappa shape index (κ3) is 3.65. The van der Waals surface area contributed by atoms with Gasteiger partial charge in [0.15, 0.2) is 5.96 Å². The fraction of sp³-hybridized carbons (Fsp3) is 0.333. The van der Waals surface area contributed by atoms with Crippen LogP contribution in [0.1, 0.15) is 5.82 Å². The maximum atomic E-state index is 13.1. The van der Waals surface area contributed by atoms with Gasteiger partial charge in [-0.2, -0.15) is 0 Å². The van der Waals surface area contributed by atoms with Gasteiger partial charge >= 0.3 is 0 Å². The molecule has 4 rings (SSSR count). The summed E-state index contributed by atoms with van der Waals surface area (Å²) in [6.45, 7) is 4.09. The van der Waals surface area contributed by atoms with E-state index < -0.39 is 0 Å². The largest absolute Gasteiger partial charge is 0.368 e. The number of para-hydroxylation sites is 2. The first-order valence-corrected chi connectivity index (χ1v) is 9.52. The molecule has 0 amide bonds. The van der Waals surface area contributed by atoms with Crippen LogP contribution in [0.4, 0.5) is 10.1 Å². The zero-order chi connectivity index (χ0) is 19.5. The molecule has 28 heavy (non-hydrogen) atoms. The van der Waals surface area contributed by atoms with Crippen molar-refractivity contribution >= 4 is 22.7 Å². The van der Waals surface area contributed by atoms with E-state index in [1.54, 1.807) is 0 Å². The first-order chi connectivity index (χ1) is 13.7. The van der Waals surface area contributed by atoms with Gasteiger partial charge in [-0.1, -0.05) is 12.1 Å². The summed E-state index contributed by atoms with van der Waals surface area (Å²) in [6.07, 6.45) is 0. The molecule has 7 heteroatoms. The first kappa shape index (κ1) is 18.3. The predicted octanol–water partition coefficient (Wildman–Crippen LogP) is 2.61. The van der Waals surface area contributed by atoms with Crippen LogP contribution in [0.2, 0.25) is 0 Å². The second-order valence-electron chi connectivity index (χ2n) is 6.93. The van der Waals surface area contributed by atoms with Crippen LogP contribution in [0.25, 0.3) is 11.0 Å². The van der Waals surface area contributed by atoms with Crippen molar-refractivity contribution in [1.29, 1.82) is 0 Å². The zero-order valence-electron chi connectivity index (χ0n) is 16.3. The number of imidazole rings is 1. The number of anilines is 1. The van der Waals surface area contributed by atoms with Crippen LogP contribution in [-0.4, -0.2) is 53.6 Å². The molecule has 1 aliphatic heterocycles. The Bertz CT molecular complexity index is 970. The highest BCUT2D eigenvalue weighted by atomic mass is 19.1. The van der Waals surface area contributed by atoms with Gasteiger partial charge in [-0.15, -0.1) is 0 Å². The molecule has 1 aliphatic rings. The van der Waals surface area contributed by atoms with E-state index in [0.29, 0.717) is 6.54 Å². The minimum Gasteiger partial charge on any atom is -0.368 e. The lowest BCUT2D eigenvalue weighted by Crippen LogP contribution is -2.52. The lowest BCUT2D eigenvalue weighted by Gasteiger charge is -2.37. The quantitative estimate of drug-likeness (QED) is 0.561. The molecule has 2 aromatic carbocycles. The number of fused-ring (bicyclic) bond motifs is 1. The van der Waals surface area contributed by atoms with Gasteiger partial charge in [0.05, 0.1) is 17.6 Å². The summed E-state index contributed by atoms with van der Waals surface area (Å²) in [5, 5.41) is 3.44. The molecule has 0 spiro atoms. The molecule has 1 aromatic heterocycles. The third-order valence-electron chi connectivity index (χ3n) is 5.27. The maximum absolute atomic E-state index is 13.1. The summed E-state index contributed by atoms with van der Waals surface area (Å²) < 4.78 is 15.2. The Kier molecular flexibility index (Phi) is 5.14. The highest BCUT2D eigenvalue weighted by Crippen LogP contribution is 2.17. The van der Waals surface area contributed by atoms with Crippen molar-refractivity contribution in [3.8, 4) is 0 Å². The van der Waals surface area contributed by atoms with E-state index in [2.05, 4.69) is 30.7 Å². The van der Waals surface area contributed by atoms with Crippen molar-refractivity contribution in [2.45, 2.75) is 6.54 Å². The molecule has 3 aromatic rings. The van der Waals surface area contributed by atoms with Gasteiger partial charge in [-0.3, -0.25) is 4.99 Å². The Balaban J connectivity index is 1.37. The Morgan fingerprint density at radius 1 is 1.07 bits per heavy atom. The molecule has 1 fully saturated rings. The topological polar surface area (TPSA) is 48.7 Å². The normalized spacial score (nSPS) is 15.3. The molecule has 0 unspecified atom stereocenters. The van der Waals surface area contributed by atoms with E-state index in [4.69, 9.17) is 4.98 Å². The van der Waals surface area contributed by atoms with Crippen LogP contribution in [0.5, 0.6) is 0 Å². The lowest BCUT2D eigenvalue weighted by molar-refractivity contribution is 0.372. The molecule has 146 valence electrons. The third-order valence-corrected chi connectivity index (χ3v) is 5.27. The number of aryl methyl sites for hydroxylation is 1. The SMILES string of the molecule is CN=C(NCc1nc2ccccc2n1C)N1CCN(c2ccc(F)cc2)CC1. The number of hydrogen-bond acceptors (Lipinski definition) is 3. The lowest BCUT2D eigenvalue weighted by atomic mass is 10.2. The maximum Gasteiger partial charge on any atom is 0.194 e. The van der Waals surface area contributed by atoms with Crippen molar-refractivity contribution in [2.24, 2.45) is 12.0 Å². The average Bonchev–Trinajstić information content (AvgIpc) is 3.05. The molecule has 0 atom stereocenters. The number of benzene rings is 2. The predicted molar refractivity (Wildman–Crippen MR) is 111 cm³/mol. The monoisotopic (exact) mass is 380 g/mol. The molecule has 0 saturated carbocycles. The summed E-state index contributed by atoms with van der Waals surface area (Å²) in [5.74, 6) is 1.66. The number of nitrogens with zero attached hydrogens (tertiary/aromatic N) is 5. The molecule has 0 bridgehead atoms. The van der Waals surface area contributed by atoms with Gasteiger partial charge in [-0.25, -0.2) is 9.37 Å². The number of halogens is 1. The second-order valence-corrected chi connectivity index (χ2v) is 6.93. The van der Waals surface area contributed by atoms with Crippen LogP contribution in [0, 0.1) is 5.82 Å². The summed E-state index contributed by atoms with van der Waals surface area (Å²) in [4.78, 5) is 13.7. The number of nitrogens with one attached hydrogen (secondary N) is 1. The Morgan fingerprint density at radius 3 is 2.46 bits per heavy atom. The standard InChI is InChI=1S/C21H25FN6/c1-23-21(24-15-20-25-18-5-3-4-6-19(18)26(20)2)28-13-11-27(12-14-28)17-9-7-16(22)8-10-17/h3-10H,11-15H2,1-2H3,(H,23,24). The molecular weight excluding hydrogens is 355 g/mol. The first-order valence-electron chi connectivity index (χ1n) is 9.52. The van der Waals surface area contributed by atoms with Gasteiger partial charge in [0.2, 0.25) is 0 Å². The molecule has 6 nitrogen and oxygen atoms in total. The fourth-order valence-corrected chi connectivity index (χ4v) is 3.67. The van der Waals surface area contributed by atoms with E-state index in [0.717, 1.165) is 54.7 Å². The van der Waals surface area contributed by atoms with Crippen molar-refractivity contribution in [2.75, 3.05) is 38.1 Å². The molecular formula is C21H25FN6. The van der Waals surface area contributed by atoms with Gasteiger partial charge in [0.25, 0.3) is 0 Å². The highest BCUT2D eigenvalue weighted by Gasteiger charge is 2.20. The molecule has 1 saturated heterocycles. The number of rotatable bonds is 3. The van der Waals surface area contributed by atoms with Crippen LogP contribution in [-0.2, 0) is 13.6 Å². The summed E-state index contributed by atoms with van der Waals surface area (Å²) in [7, 11) is 3.85. The van der Waals surface area contributed by atoms with E-state index in [-0.39, 0.29) is 5.82 Å². The summed E-state index contributed by atoms with van der Waals surface area (Å²) >= 11 is 0. The zero-order valence-corrected chi connectivity index (χ0v) is 16.3. The van der Waals surface area contributed by atoms with Crippen molar-refractivity contribution in [3.63, 3.8) is 0 Å². The number of hydrogen-bond donors (Lipinski definition) is 1. The van der Waals surface area contributed by atoms with Crippen LogP contribution >= 0.6 is 0 Å². The fourth-order valence-electron chi connectivity index (χ4n) is 3.67. The van der Waals surface area contributed by atoms with Crippen molar-refractivity contribution in [3.05, 3.63) is 60.2 Å². The van der Waals surface area contributed by atoms with Gasteiger partial charge in [0.1, 0.15) is 11.6 Å². The average molecular weight is 380 g/mol. The minimum absolute atomic E-state index is 0.200. The molecule has 1 N–H and O–H groups in total. The number of aliphatic imine (C=N–C) groups is 1. The van der Waals surface area contributed by atoms with Crippen molar-refractivity contribution in [1.82, 2.24) is 19.8 Å². The van der Waals surface area contributed by atoms with Gasteiger partial charge < -0.3 is 19.7 Å². The summed E-state index contributed by atoms with van der Waals surface area (Å²) in [5.41, 5.74) is 3.19. The van der Waals surface area contributed by atoms with Crippen LogP contribution < -0.4 is 10.2 Å². The second kappa shape index (κ2) is 7.88. The highest BCUT2D eigenvalue weighted by molar-refractivity contribution is 5.80. The van der Waals surface area contributed by atoms with E-state index in [1.807, 2.05) is 44.4 Å². The molecule has 0 aliphatic carbocycles. The molecule has 2 heterocycles. The van der Waals surface area contributed by atoms with E-state index in [9.17, 15) is 4.39 Å². The van der Waals surface area contributed by atoms with Gasteiger partial charge in [-0.05, 0) is 36.4 Å². The van der Waals surface area contributed by atoms with Gasteiger partial charge in [0, 0.05) is 46.0 Å². The van der Waals surface area contributed by atoms with E-state index in [1.165, 1.54) is 12.1 Å². The Hall–Kier alpha value is -3.09. The minimum atomic E-state index is -0.200. The van der Waals surface area contributed by atoms with Crippen LogP contribution in [0.3, 0.4) is 0 Å². The van der Waals surface area contributed by atoms with Crippen LogP contribution in [0.15, 0.2) is 53.5 Å². The summed E-state index contributed by atoms with van der Waals surface area (Å²) in [6, 6.07) is 14.8. The molecule has 0 radical (unpaired) electrons. The smallest absolute Gasteiger partial charge is 0.194 e. The van der Waals surface area contributed by atoms with Crippen molar-refractivity contribution < 1.29 is 4.39 Å².